The lowest BCUT2D eigenvalue weighted by atomic mass is 10.0. The van der Waals surface area contributed by atoms with Crippen molar-refractivity contribution in [2.24, 2.45) is 0 Å². The van der Waals surface area contributed by atoms with Crippen LogP contribution in [0.1, 0.15) is 29.8 Å². The van der Waals surface area contributed by atoms with Crippen LogP contribution >= 0.6 is 0 Å². The summed E-state index contributed by atoms with van der Waals surface area (Å²) in [5, 5.41) is 0. The number of carbonyl (C=O) groups is 1. The SMILES string of the molecule is CC(=O)c1cc(C(C)(F)F)cc2c1OCO2. The number of alkyl halides is 2. The standard InChI is InChI=1S/C11H10F2O3/c1-6(14)8-3-7(11(2,12)13)4-9-10(8)16-5-15-9/h3-4H,5H2,1-2H3. The molecule has 0 unspecified atom stereocenters. The van der Waals surface area contributed by atoms with E-state index in [1.807, 2.05) is 0 Å². The monoisotopic (exact) mass is 228 g/mol. The highest BCUT2D eigenvalue weighted by molar-refractivity contribution is 5.98. The van der Waals surface area contributed by atoms with Gasteiger partial charge >= 0.3 is 0 Å². The van der Waals surface area contributed by atoms with E-state index < -0.39 is 5.92 Å². The molecule has 0 radical (unpaired) electrons. The lowest BCUT2D eigenvalue weighted by Crippen LogP contribution is -2.08. The van der Waals surface area contributed by atoms with Gasteiger partial charge in [0.1, 0.15) is 0 Å². The van der Waals surface area contributed by atoms with E-state index in [-0.39, 0.29) is 35.2 Å². The molecule has 0 saturated carbocycles. The summed E-state index contributed by atoms with van der Waals surface area (Å²) in [6.07, 6.45) is 0. The van der Waals surface area contributed by atoms with E-state index in [2.05, 4.69) is 0 Å². The minimum Gasteiger partial charge on any atom is -0.454 e. The number of carbonyl (C=O) groups excluding carboxylic acids is 1. The summed E-state index contributed by atoms with van der Waals surface area (Å²) in [5.41, 5.74) is -0.117. The largest absolute Gasteiger partial charge is 0.454 e. The van der Waals surface area contributed by atoms with Crippen LogP contribution in [0.15, 0.2) is 12.1 Å². The molecule has 1 heterocycles. The van der Waals surface area contributed by atoms with Gasteiger partial charge in [-0.3, -0.25) is 4.79 Å². The van der Waals surface area contributed by atoms with Gasteiger partial charge in [0, 0.05) is 12.5 Å². The van der Waals surface area contributed by atoms with Crippen molar-refractivity contribution in [3.8, 4) is 11.5 Å². The maximum Gasteiger partial charge on any atom is 0.270 e. The maximum absolute atomic E-state index is 13.2. The highest BCUT2D eigenvalue weighted by Crippen LogP contribution is 2.40. The van der Waals surface area contributed by atoms with Crippen LogP contribution in [-0.2, 0) is 5.92 Å². The number of Topliss-reactive ketones (excluding diaryl/α,β-unsaturated/α-hetero) is 1. The van der Waals surface area contributed by atoms with Crippen molar-refractivity contribution in [2.75, 3.05) is 6.79 Å². The van der Waals surface area contributed by atoms with Gasteiger partial charge in [-0.15, -0.1) is 0 Å². The number of benzene rings is 1. The van der Waals surface area contributed by atoms with Crippen LogP contribution < -0.4 is 9.47 Å². The number of hydrogen-bond acceptors (Lipinski definition) is 3. The van der Waals surface area contributed by atoms with Gasteiger partial charge in [-0.2, -0.15) is 0 Å². The van der Waals surface area contributed by atoms with E-state index in [9.17, 15) is 13.6 Å². The van der Waals surface area contributed by atoms with Gasteiger partial charge in [-0.1, -0.05) is 0 Å². The van der Waals surface area contributed by atoms with E-state index >= 15 is 0 Å². The van der Waals surface area contributed by atoms with E-state index in [4.69, 9.17) is 9.47 Å². The van der Waals surface area contributed by atoms with Crippen molar-refractivity contribution in [1.82, 2.24) is 0 Å². The Hall–Kier alpha value is -1.65. The third-order valence-corrected chi connectivity index (χ3v) is 2.36. The van der Waals surface area contributed by atoms with Crippen LogP contribution in [0.2, 0.25) is 0 Å². The number of ketones is 1. The highest BCUT2D eigenvalue weighted by atomic mass is 19.3. The molecule has 1 aromatic rings. The van der Waals surface area contributed by atoms with Crippen LogP contribution in [0.3, 0.4) is 0 Å². The van der Waals surface area contributed by atoms with E-state index in [0.29, 0.717) is 0 Å². The van der Waals surface area contributed by atoms with Crippen molar-refractivity contribution in [1.29, 1.82) is 0 Å². The zero-order chi connectivity index (χ0) is 11.9. The number of fused-ring (bicyclic) bond motifs is 1. The molecule has 0 fully saturated rings. The van der Waals surface area contributed by atoms with Crippen LogP contribution in [0.4, 0.5) is 8.78 Å². The van der Waals surface area contributed by atoms with Gasteiger partial charge in [-0.05, 0) is 19.1 Å². The summed E-state index contributed by atoms with van der Waals surface area (Å²) in [6, 6.07) is 2.35. The van der Waals surface area contributed by atoms with Gasteiger partial charge in [0.15, 0.2) is 17.3 Å². The Morgan fingerprint density at radius 1 is 1.38 bits per heavy atom. The van der Waals surface area contributed by atoms with Gasteiger partial charge in [-0.25, -0.2) is 8.78 Å². The fraction of sp³-hybridized carbons (Fsp3) is 0.364. The predicted molar refractivity (Wildman–Crippen MR) is 52.1 cm³/mol. The maximum atomic E-state index is 13.2. The summed E-state index contributed by atoms with van der Waals surface area (Å²) >= 11 is 0. The molecular weight excluding hydrogens is 218 g/mol. The Bertz CT molecular complexity index is 449. The summed E-state index contributed by atoms with van der Waals surface area (Å²) in [7, 11) is 0. The Balaban J connectivity index is 2.61. The molecule has 0 aliphatic carbocycles. The molecule has 3 nitrogen and oxygen atoms in total. The third kappa shape index (κ3) is 1.73. The molecule has 2 rings (SSSR count). The second-order valence-electron chi connectivity index (χ2n) is 3.70. The van der Waals surface area contributed by atoms with Gasteiger partial charge < -0.3 is 9.47 Å². The molecule has 1 aromatic carbocycles. The van der Waals surface area contributed by atoms with E-state index in [1.165, 1.54) is 13.0 Å². The van der Waals surface area contributed by atoms with Gasteiger partial charge in [0.2, 0.25) is 6.79 Å². The smallest absolute Gasteiger partial charge is 0.270 e. The molecule has 0 N–H and O–H groups in total. The Morgan fingerprint density at radius 2 is 2.06 bits per heavy atom. The van der Waals surface area contributed by atoms with Crippen LogP contribution in [0.5, 0.6) is 11.5 Å². The Kier molecular flexibility index (Phi) is 2.33. The molecule has 0 aromatic heterocycles. The third-order valence-electron chi connectivity index (χ3n) is 2.36. The summed E-state index contributed by atoms with van der Waals surface area (Å²) < 4.78 is 36.4. The zero-order valence-electron chi connectivity index (χ0n) is 8.84. The summed E-state index contributed by atoms with van der Waals surface area (Å²) in [5.74, 6) is -2.89. The first kappa shape index (κ1) is 10.9. The zero-order valence-corrected chi connectivity index (χ0v) is 8.84. The summed E-state index contributed by atoms with van der Waals surface area (Å²) in [4.78, 5) is 11.3. The Morgan fingerprint density at radius 3 is 2.62 bits per heavy atom. The second-order valence-corrected chi connectivity index (χ2v) is 3.70. The second kappa shape index (κ2) is 3.43. The minimum atomic E-state index is -3.01. The Labute approximate surface area is 91.0 Å². The first-order chi connectivity index (χ1) is 7.39. The highest BCUT2D eigenvalue weighted by Gasteiger charge is 2.30. The van der Waals surface area contributed by atoms with Gasteiger partial charge in [0.05, 0.1) is 5.56 Å². The van der Waals surface area contributed by atoms with E-state index in [0.717, 1.165) is 13.0 Å². The molecule has 1 aliphatic rings. The predicted octanol–water partition coefficient (Wildman–Crippen LogP) is 2.73. The molecular formula is C11H10F2O3. The minimum absolute atomic E-state index is 0.0473. The molecule has 0 amide bonds. The average molecular weight is 228 g/mol. The number of ether oxygens (including phenoxy) is 2. The first-order valence-electron chi connectivity index (χ1n) is 4.72. The number of halogens is 2. The topological polar surface area (TPSA) is 35.5 Å². The quantitative estimate of drug-likeness (QED) is 0.730. The summed E-state index contributed by atoms with van der Waals surface area (Å²) in [6.45, 7) is 2.03. The lowest BCUT2D eigenvalue weighted by Gasteiger charge is -2.12. The van der Waals surface area contributed by atoms with Crippen molar-refractivity contribution >= 4 is 5.78 Å². The first-order valence-corrected chi connectivity index (χ1v) is 4.72. The number of rotatable bonds is 2. The molecule has 5 heteroatoms. The lowest BCUT2D eigenvalue weighted by molar-refractivity contribution is 0.0172. The van der Waals surface area contributed by atoms with Crippen LogP contribution in [-0.4, -0.2) is 12.6 Å². The van der Waals surface area contributed by atoms with Crippen molar-refractivity contribution in [2.45, 2.75) is 19.8 Å². The van der Waals surface area contributed by atoms with E-state index in [1.54, 1.807) is 0 Å². The van der Waals surface area contributed by atoms with Crippen molar-refractivity contribution in [3.63, 3.8) is 0 Å². The fourth-order valence-corrected chi connectivity index (χ4v) is 1.53. The van der Waals surface area contributed by atoms with Gasteiger partial charge in [0.25, 0.3) is 5.92 Å². The number of hydrogen-bond donors (Lipinski definition) is 0. The molecule has 0 saturated heterocycles. The normalized spacial score (nSPS) is 14.0. The molecule has 0 bridgehead atoms. The fourth-order valence-electron chi connectivity index (χ4n) is 1.53. The van der Waals surface area contributed by atoms with Crippen molar-refractivity contribution < 1.29 is 23.0 Å². The molecule has 0 atom stereocenters. The molecule has 1 aliphatic heterocycles. The molecule has 86 valence electrons. The van der Waals surface area contributed by atoms with Crippen LogP contribution in [0.25, 0.3) is 0 Å². The van der Waals surface area contributed by atoms with Crippen LogP contribution in [0, 0.1) is 0 Å². The molecule has 16 heavy (non-hydrogen) atoms. The average Bonchev–Trinajstić information content (AvgIpc) is 2.61. The van der Waals surface area contributed by atoms with Crippen molar-refractivity contribution in [3.05, 3.63) is 23.3 Å². The molecule has 0 spiro atoms.